The van der Waals surface area contributed by atoms with Gasteiger partial charge in [-0.05, 0) is 19.9 Å². The molecule has 0 saturated carbocycles. The Balaban J connectivity index is 2.94. The van der Waals surface area contributed by atoms with Gasteiger partial charge in [0.15, 0.2) is 5.92 Å². The van der Waals surface area contributed by atoms with E-state index >= 15 is 0 Å². The lowest BCUT2D eigenvalue weighted by Gasteiger charge is -2.20. The maximum Gasteiger partial charge on any atom is 0.320 e. The van der Waals surface area contributed by atoms with E-state index in [0.717, 1.165) is 4.90 Å². The number of esters is 2. The smallest absolute Gasteiger partial charge is 0.320 e. The van der Waals surface area contributed by atoms with Crippen molar-refractivity contribution in [2.24, 2.45) is 5.92 Å². The van der Waals surface area contributed by atoms with Gasteiger partial charge in [0.05, 0.1) is 30.2 Å². The maximum absolute atomic E-state index is 12.4. The van der Waals surface area contributed by atoms with Crippen molar-refractivity contribution in [1.82, 2.24) is 0 Å². The fraction of sp³-hybridized carbons (Fsp3) is 0.438. The second kappa shape index (κ2) is 9.36. The second-order valence-corrected chi connectivity index (χ2v) is 4.99. The number of nitro benzene ring substituents is 1. The number of rotatable bonds is 8. The quantitative estimate of drug-likeness (QED) is 0.302. The van der Waals surface area contributed by atoms with Crippen LogP contribution < -0.4 is 4.90 Å². The van der Waals surface area contributed by atoms with Gasteiger partial charge in [-0.1, -0.05) is 6.07 Å². The molecule has 0 aliphatic rings. The normalized spacial score (nSPS) is 10.2. The van der Waals surface area contributed by atoms with E-state index < -0.39 is 35.1 Å². The van der Waals surface area contributed by atoms with Crippen LogP contribution in [0.3, 0.4) is 0 Å². The summed E-state index contributed by atoms with van der Waals surface area (Å²) in [6.45, 7) is 3.28. The molecular formula is C16H20N2O7. The minimum atomic E-state index is -1.38. The molecular weight excluding hydrogens is 332 g/mol. The Hall–Kier alpha value is -2.97. The highest BCUT2D eigenvalue weighted by Gasteiger charge is 2.33. The molecule has 0 N–H and O–H groups in total. The van der Waals surface area contributed by atoms with E-state index in [4.69, 9.17) is 9.47 Å². The van der Waals surface area contributed by atoms with E-state index in [0.29, 0.717) is 0 Å². The van der Waals surface area contributed by atoms with Crippen LogP contribution in [0.25, 0.3) is 0 Å². The molecule has 1 amide bonds. The minimum Gasteiger partial charge on any atom is -0.465 e. The van der Waals surface area contributed by atoms with Crippen LogP contribution in [-0.2, 0) is 23.9 Å². The van der Waals surface area contributed by atoms with Crippen molar-refractivity contribution < 1.29 is 28.8 Å². The van der Waals surface area contributed by atoms with Crippen molar-refractivity contribution >= 4 is 29.2 Å². The first kappa shape index (κ1) is 20.1. The fourth-order valence-electron chi connectivity index (χ4n) is 2.02. The monoisotopic (exact) mass is 352 g/mol. The molecule has 0 aromatic heterocycles. The molecule has 1 rings (SSSR count). The molecule has 0 saturated heterocycles. The molecule has 0 aliphatic carbocycles. The number of nitrogens with zero attached hydrogens (tertiary/aromatic N) is 2. The third kappa shape index (κ3) is 5.55. The van der Waals surface area contributed by atoms with E-state index in [1.165, 1.54) is 31.3 Å². The highest BCUT2D eigenvalue weighted by atomic mass is 16.6. The Kier molecular flexibility index (Phi) is 7.51. The van der Waals surface area contributed by atoms with E-state index in [-0.39, 0.29) is 24.6 Å². The summed E-state index contributed by atoms with van der Waals surface area (Å²) in [7, 11) is 1.40. The lowest BCUT2D eigenvalue weighted by Crippen LogP contribution is -2.35. The zero-order chi connectivity index (χ0) is 19.0. The summed E-state index contributed by atoms with van der Waals surface area (Å²) in [5, 5.41) is 10.8. The summed E-state index contributed by atoms with van der Waals surface area (Å²) < 4.78 is 9.62. The van der Waals surface area contributed by atoms with Crippen molar-refractivity contribution in [3.63, 3.8) is 0 Å². The summed E-state index contributed by atoms with van der Waals surface area (Å²) in [5.41, 5.74) is 0.0927. The number of amides is 1. The highest BCUT2D eigenvalue weighted by Crippen LogP contribution is 2.22. The van der Waals surface area contributed by atoms with Gasteiger partial charge < -0.3 is 14.4 Å². The third-order valence-corrected chi connectivity index (χ3v) is 3.32. The van der Waals surface area contributed by atoms with Crippen LogP contribution in [0.4, 0.5) is 11.4 Å². The van der Waals surface area contributed by atoms with Gasteiger partial charge in [0.2, 0.25) is 5.91 Å². The number of anilines is 1. The van der Waals surface area contributed by atoms with Crippen molar-refractivity contribution in [2.45, 2.75) is 20.3 Å². The van der Waals surface area contributed by atoms with E-state index in [1.807, 2.05) is 0 Å². The molecule has 0 unspecified atom stereocenters. The number of hydrogen-bond acceptors (Lipinski definition) is 7. The van der Waals surface area contributed by atoms with Gasteiger partial charge in [0, 0.05) is 19.2 Å². The SMILES string of the molecule is CCOC(=O)C(CC(=O)N(C)c1cccc([N+](=O)[O-])c1)C(=O)OCC. The van der Waals surface area contributed by atoms with E-state index in [9.17, 15) is 24.5 Å². The first-order valence-electron chi connectivity index (χ1n) is 7.66. The predicted octanol–water partition coefficient (Wildman–Crippen LogP) is 1.69. The van der Waals surface area contributed by atoms with Crippen LogP contribution >= 0.6 is 0 Å². The van der Waals surface area contributed by atoms with Crippen LogP contribution in [-0.4, -0.2) is 43.0 Å². The average molecular weight is 352 g/mol. The lowest BCUT2D eigenvalue weighted by atomic mass is 10.0. The number of benzene rings is 1. The van der Waals surface area contributed by atoms with Crippen LogP contribution in [0.5, 0.6) is 0 Å². The number of nitro groups is 1. The van der Waals surface area contributed by atoms with Gasteiger partial charge in [-0.15, -0.1) is 0 Å². The van der Waals surface area contributed by atoms with Gasteiger partial charge in [-0.3, -0.25) is 24.5 Å². The molecule has 136 valence electrons. The van der Waals surface area contributed by atoms with Gasteiger partial charge in [0.1, 0.15) is 0 Å². The molecule has 0 atom stereocenters. The molecule has 9 nitrogen and oxygen atoms in total. The van der Waals surface area contributed by atoms with E-state index in [2.05, 4.69) is 0 Å². The number of hydrogen-bond donors (Lipinski definition) is 0. The molecule has 25 heavy (non-hydrogen) atoms. The Labute approximate surface area is 144 Å². The van der Waals surface area contributed by atoms with Gasteiger partial charge >= 0.3 is 11.9 Å². The van der Waals surface area contributed by atoms with Gasteiger partial charge in [0.25, 0.3) is 5.69 Å². The summed E-state index contributed by atoms with van der Waals surface area (Å²) in [4.78, 5) is 47.6. The third-order valence-electron chi connectivity index (χ3n) is 3.32. The molecule has 0 aliphatic heterocycles. The maximum atomic E-state index is 12.4. The number of carbonyl (C=O) groups is 3. The first-order chi connectivity index (χ1) is 11.8. The zero-order valence-electron chi connectivity index (χ0n) is 14.3. The Morgan fingerprint density at radius 1 is 1.16 bits per heavy atom. The molecule has 0 spiro atoms. The summed E-state index contributed by atoms with van der Waals surface area (Å²) in [6, 6.07) is 5.46. The molecule has 0 fully saturated rings. The Bertz CT molecular complexity index is 642. The molecule has 9 heteroatoms. The van der Waals surface area contributed by atoms with Crippen molar-refractivity contribution in [3.8, 4) is 0 Å². The zero-order valence-corrected chi connectivity index (χ0v) is 14.3. The standard InChI is InChI=1S/C16H20N2O7/c1-4-24-15(20)13(16(21)25-5-2)10-14(19)17(3)11-7-6-8-12(9-11)18(22)23/h6-9,13H,4-5,10H2,1-3H3. The van der Waals surface area contributed by atoms with Crippen molar-refractivity contribution in [2.75, 3.05) is 25.2 Å². The molecule has 1 aromatic rings. The molecule has 0 radical (unpaired) electrons. The predicted molar refractivity (Wildman–Crippen MR) is 87.9 cm³/mol. The molecule has 0 heterocycles. The molecule has 1 aromatic carbocycles. The topological polar surface area (TPSA) is 116 Å². The first-order valence-corrected chi connectivity index (χ1v) is 7.66. The van der Waals surface area contributed by atoms with Crippen molar-refractivity contribution in [1.29, 1.82) is 0 Å². The Morgan fingerprint density at radius 3 is 2.20 bits per heavy atom. The highest BCUT2D eigenvalue weighted by molar-refractivity contribution is 6.02. The van der Waals surface area contributed by atoms with E-state index in [1.54, 1.807) is 13.8 Å². The van der Waals surface area contributed by atoms with Crippen molar-refractivity contribution in [3.05, 3.63) is 34.4 Å². The van der Waals surface area contributed by atoms with Crippen LogP contribution in [0.2, 0.25) is 0 Å². The Morgan fingerprint density at radius 2 is 1.72 bits per heavy atom. The second-order valence-electron chi connectivity index (χ2n) is 4.99. The molecule has 0 bridgehead atoms. The van der Waals surface area contributed by atoms with Crippen LogP contribution in [0.1, 0.15) is 20.3 Å². The summed E-state index contributed by atoms with van der Waals surface area (Å²) in [6.07, 6.45) is -0.461. The number of non-ortho nitro benzene ring substituents is 1. The van der Waals surface area contributed by atoms with Gasteiger partial charge in [-0.25, -0.2) is 0 Å². The number of carbonyl (C=O) groups excluding carboxylic acids is 3. The summed E-state index contributed by atoms with van der Waals surface area (Å²) >= 11 is 0. The number of ether oxygens (including phenoxy) is 2. The lowest BCUT2D eigenvalue weighted by molar-refractivity contribution is -0.384. The summed E-state index contributed by atoms with van der Waals surface area (Å²) in [5.74, 6) is -3.65. The minimum absolute atomic E-state index is 0.0592. The largest absolute Gasteiger partial charge is 0.465 e. The fourth-order valence-corrected chi connectivity index (χ4v) is 2.02. The average Bonchev–Trinajstić information content (AvgIpc) is 2.59. The van der Waals surface area contributed by atoms with Gasteiger partial charge in [-0.2, -0.15) is 0 Å². The van der Waals surface area contributed by atoms with Crippen LogP contribution in [0.15, 0.2) is 24.3 Å². The van der Waals surface area contributed by atoms with Crippen LogP contribution in [0, 0.1) is 16.0 Å².